The Morgan fingerprint density at radius 1 is 1.12 bits per heavy atom. The number of pyridine rings is 1. The molecule has 1 aromatic carbocycles. The highest BCUT2D eigenvalue weighted by Gasteiger charge is 2.23. The van der Waals surface area contributed by atoms with Crippen LogP contribution < -0.4 is 14.8 Å². The van der Waals surface area contributed by atoms with E-state index >= 15 is 0 Å². The molecule has 2 aliphatic rings. The molecule has 3 aromatic rings. The van der Waals surface area contributed by atoms with E-state index in [2.05, 4.69) is 49.7 Å². The van der Waals surface area contributed by atoms with Crippen molar-refractivity contribution in [2.75, 3.05) is 26.7 Å². The minimum Gasteiger partial charge on any atom is -0.484 e. The number of amides is 1. The number of fused-ring (bicyclic) bond motifs is 2. The fourth-order valence-electron chi connectivity index (χ4n) is 4.16. The molecule has 0 fully saturated rings. The molecule has 5 rings (SSSR count). The zero-order chi connectivity index (χ0) is 21.9. The van der Waals surface area contributed by atoms with Crippen LogP contribution in [0.4, 0.5) is 0 Å². The van der Waals surface area contributed by atoms with Crippen LogP contribution in [0.5, 0.6) is 11.6 Å². The van der Waals surface area contributed by atoms with Crippen molar-refractivity contribution >= 4 is 5.91 Å². The van der Waals surface area contributed by atoms with Crippen LogP contribution in [0, 0.1) is 0 Å². The van der Waals surface area contributed by atoms with E-state index in [1.165, 1.54) is 11.1 Å². The number of hydrogen-bond acceptors (Lipinski definition) is 7. The van der Waals surface area contributed by atoms with Gasteiger partial charge in [0, 0.05) is 52.3 Å². The van der Waals surface area contributed by atoms with Gasteiger partial charge in [-0.3, -0.25) is 9.69 Å². The minimum absolute atomic E-state index is 0.0423. The fraction of sp³-hybridized carbons (Fsp3) is 0.391. The first-order chi connectivity index (χ1) is 15.7. The molecule has 0 aliphatic carbocycles. The number of carbonyl (C=O) groups is 1. The average Bonchev–Trinajstić information content (AvgIpc) is 3.14. The van der Waals surface area contributed by atoms with Gasteiger partial charge in [-0.15, -0.1) is 10.2 Å². The van der Waals surface area contributed by atoms with Crippen molar-refractivity contribution < 1.29 is 14.3 Å². The summed E-state index contributed by atoms with van der Waals surface area (Å²) in [7, 11) is 1.61. The van der Waals surface area contributed by atoms with Gasteiger partial charge in [0.05, 0.1) is 0 Å². The summed E-state index contributed by atoms with van der Waals surface area (Å²) in [5.41, 5.74) is 2.46. The maximum Gasteiger partial charge on any atom is 0.288 e. The van der Waals surface area contributed by atoms with Crippen LogP contribution in [0.15, 0.2) is 42.6 Å². The van der Waals surface area contributed by atoms with Gasteiger partial charge < -0.3 is 19.4 Å². The van der Waals surface area contributed by atoms with Crippen molar-refractivity contribution in [1.29, 1.82) is 0 Å². The van der Waals surface area contributed by atoms with Gasteiger partial charge in [-0.2, -0.15) is 0 Å². The third-order valence-electron chi connectivity index (χ3n) is 5.88. The first kappa shape index (κ1) is 20.4. The van der Waals surface area contributed by atoms with Crippen LogP contribution in [-0.4, -0.2) is 63.4 Å². The molecule has 4 heterocycles. The quantitative estimate of drug-likeness (QED) is 0.650. The Bertz CT molecular complexity index is 1100. The van der Waals surface area contributed by atoms with E-state index in [1.807, 2.05) is 16.7 Å². The highest BCUT2D eigenvalue weighted by molar-refractivity contribution is 5.90. The summed E-state index contributed by atoms with van der Waals surface area (Å²) in [5.74, 6) is 2.33. The standard InChI is InChI=1S/C23H26N6O3/c1-24-22(30)21-27-26-20-8-10-28(11-12-29(20)21)14-17-6-4-16(5-7-17)13-18-15-31-19-3-2-9-25-23(19)32-18/h2-7,9,18H,8,10-15H2,1H3,(H,24,30). The zero-order valence-corrected chi connectivity index (χ0v) is 18.0. The fourth-order valence-corrected chi connectivity index (χ4v) is 4.16. The summed E-state index contributed by atoms with van der Waals surface area (Å²) >= 11 is 0. The number of nitrogens with zero attached hydrogens (tertiary/aromatic N) is 5. The van der Waals surface area contributed by atoms with Gasteiger partial charge in [0.25, 0.3) is 11.8 Å². The second kappa shape index (κ2) is 8.96. The van der Waals surface area contributed by atoms with Crippen molar-refractivity contribution in [3.63, 3.8) is 0 Å². The second-order valence-electron chi connectivity index (χ2n) is 8.07. The molecule has 1 unspecified atom stereocenters. The van der Waals surface area contributed by atoms with E-state index in [4.69, 9.17) is 9.47 Å². The van der Waals surface area contributed by atoms with Crippen molar-refractivity contribution in [2.45, 2.75) is 32.0 Å². The van der Waals surface area contributed by atoms with Gasteiger partial charge in [0.15, 0.2) is 5.75 Å². The third-order valence-corrected chi connectivity index (χ3v) is 5.88. The number of benzene rings is 1. The second-order valence-corrected chi connectivity index (χ2v) is 8.07. The summed E-state index contributed by atoms with van der Waals surface area (Å²) in [6.45, 7) is 3.81. The smallest absolute Gasteiger partial charge is 0.288 e. The highest BCUT2D eigenvalue weighted by Crippen LogP contribution is 2.29. The molecule has 0 radical (unpaired) electrons. The summed E-state index contributed by atoms with van der Waals surface area (Å²) in [6.07, 6.45) is 3.22. The summed E-state index contributed by atoms with van der Waals surface area (Å²) in [4.78, 5) is 18.6. The minimum atomic E-state index is -0.195. The van der Waals surface area contributed by atoms with Crippen molar-refractivity contribution in [3.05, 3.63) is 65.4 Å². The molecule has 0 saturated heterocycles. The van der Waals surface area contributed by atoms with E-state index in [-0.39, 0.29) is 12.0 Å². The molecule has 9 nitrogen and oxygen atoms in total. The number of aromatic nitrogens is 4. The number of carbonyl (C=O) groups excluding carboxylic acids is 1. The van der Waals surface area contributed by atoms with Crippen molar-refractivity contribution in [3.8, 4) is 11.6 Å². The van der Waals surface area contributed by atoms with E-state index in [0.29, 0.717) is 30.6 Å². The molecule has 32 heavy (non-hydrogen) atoms. The lowest BCUT2D eigenvalue weighted by molar-refractivity contribution is 0.0852. The molecule has 2 aromatic heterocycles. The normalized spacial score (nSPS) is 18.0. The van der Waals surface area contributed by atoms with Gasteiger partial charge in [0.2, 0.25) is 5.82 Å². The lowest BCUT2D eigenvalue weighted by atomic mass is 10.1. The maximum atomic E-state index is 12.0. The lowest BCUT2D eigenvalue weighted by Gasteiger charge is -2.25. The molecule has 166 valence electrons. The molecule has 0 bridgehead atoms. The molecule has 9 heteroatoms. The average molecular weight is 435 g/mol. The Kier molecular flexibility index (Phi) is 5.72. The largest absolute Gasteiger partial charge is 0.484 e. The van der Waals surface area contributed by atoms with Crippen LogP contribution in [0.25, 0.3) is 0 Å². The molecule has 2 aliphatic heterocycles. The molecular formula is C23H26N6O3. The van der Waals surface area contributed by atoms with Crippen LogP contribution >= 0.6 is 0 Å². The molecule has 1 N–H and O–H groups in total. The first-order valence-corrected chi connectivity index (χ1v) is 10.9. The monoisotopic (exact) mass is 434 g/mol. The Morgan fingerprint density at radius 3 is 2.81 bits per heavy atom. The Labute approximate surface area is 186 Å². The molecule has 1 atom stereocenters. The van der Waals surface area contributed by atoms with E-state index in [0.717, 1.165) is 38.3 Å². The van der Waals surface area contributed by atoms with Gasteiger partial charge in [-0.25, -0.2) is 4.98 Å². The molecule has 0 saturated carbocycles. The number of rotatable bonds is 5. The third kappa shape index (κ3) is 4.29. The number of nitrogens with one attached hydrogen (secondary N) is 1. The summed E-state index contributed by atoms with van der Waals surface area (Å²) < 4.78 is 13.7. The van der Waals surface area contributed by atoms with Gasteiger partial charge >= 0.3 is 0 Å². The molecular weight excluding hydrogens is 408 g/mol. The Hall–Kier alpha value is -3.46. The topological polar surface area (TPSA) is 94.4 Å². The highest BCUT2D eigenvalue weighted by atomic mass is 16.6. The van der Waals surface area contributed by atoms with Crippen LogP contribution in [0.2, 0.25) is 0 Å². The van der Waals surface area contributed by atoms with E-state index in [1.54, 1.807) is 13.2 Å². The van der Waals surface area contributed by atoms with Crippen LogP contribution in [0.1, 0.15) is 27.6 Å². The summed E-state index contributed by atoms with van der Waals surface area (Å²) in [6, 6.07) is 12.4. The maximum absolute atomic E-state index is 12.0. The Morgan fingerprint density at radius 2 is 1.97 bits per heavy atom. The summed E-state index contributed by atoms with van der Waals surface area (Å²) in [5, 5.41) is 10.9. The van der Waals surface area contributed by atoms with Gasteiger partial charge in [0.1, 0.15) is 18.5 Å². The van der Waals surface area contributed by atoms with E-state index < -0.39 is 0 Å². The first-order valence-electron chi connectivity index (χ1n) is 10.9. The van der Waals surface area contributed by atoms with Crippen LogP contribution in [-0.2, 0) is 25.9 Å². The van der Waals surface area contributed by atoms with Crippen molar-refractivity contribution in [2.24, 2.45) is 0 Å². The molecule has 0 spiro atoms. The van der Waals surface area contributed by atoms with Crippen molar-refractivity contribution in [1.82, 2.24) is 30.0 Å². The number of hydrogen-bond donors (Lipinski definition) is 1. The molecule has 1 amide bonds. The van der Waals surface area contributed by atoms with E-state index in [9.17, 15) is 4.79 Å². The Balaban J connectivity index is 1.17. The zero-order valence-electron chi connectivity index (χ0n) is 18.0. The predicted molar refractivity (Wildman–Crippen MR) is 117 cm³/mol. The predicted octanol–water partition coefficient (Wildman–Crippen LogP) is 1.47. The van der Waals surface area contributed by atoms with Crippen LogP contribution in [0.3, 0.4) is 0 Å². The van der Waals surface area contributed by atoms with Gasteiger partial charge in [-0.05, 0) is 23.3 Å². The van der Waals surface area contributed by atoms with Gasteiger partial charge in [-0.1, -0.05) is 24.3 Å². The SMILES string of the molecule is CNC(=O)c1nnc2n1CCN(Cc1ccc(CC3COc4cccnc4O3)cc1)CC2. The lowest BCUT2D eigenvalue weighted by Crippen LogP contribution is -2.31. The number of ether oxygens (including phenoxy) is 2.